The number of nitrogens with one attached hydrogen (secondary N) is 1. The number of halogens is 2. The van der Waals surface area contributed by atoms with Crippen LogP contribution in [0.4, 0.5) is 11.4 Å². The predicted molar refractivity (Wildman–Crippen MR) is 115 cm³/mol. The molecule has 0 heterocycles. The molecule has 2 amide bonds. The van der Waals surface area contributed by atoms with Crippen molar-refractivity contribution >= 4 is 46.4 Å². The highest BCUT2D eigenvalue weighted by molar-refractivity contribution is 6.37. The molecule has 28 heavy (non-hydrogen) atoms. The van der Waals surface area contributed by atoms with Gasteiger partial charge in [0.15, 0.2) is 0 Å². The third-order valence-corrected chi connectivity index (χ3v) is 4.76. The van der Waals surface area contributed by atoms with E-state index in [2.05, 4.69) is 5.32 Å². The molecule has 3 rings (SSSR count). The number of hydrogen-bond donors (Lipinski definition) is 1. The van der Waals surface area contributed by atoms with Crippen molar-refractivity contribution in [2.45, 2.75) is 6.92 Å². The first-order valence-corrected chi connectivity index (χ1v) is 9.49. The maximum atomic E-state index is 13.2. The SMILES string of the molecule is CCN(C(=O)c1ccccc1NC(=O)c1ccc(Cl)cc1Cl)c1ccccc1. The van der Waals surface area contributed by atoms with Gasteiger partial charge in [-0.2, -0.15) is 0 Å². The number of benzene rings is 3. The van der Waals surface area contributed by atoms with Crippen molar-refractivity contribution in [3.8, 4) is 0 Å². The number of anilines is 2. The van der Waals surface area contributed by atoms with Crippen molar-refractivity contribution in [1.29, 1.82) is 0 Å². The van der Waals surface area contributed by atoms with Crippen molar-refractivity contribution in [2.24, 2.45) is 0 Å². The molecule has 0 fully saturated rings. The van der Waals surface area contributed by atoms with E-state index in [0.717, 1.165) is 5.69 Å². The monoisotopic (exact) mass is 412 g/mol. The topological polar surface area (TPSA) is 49.4 Å². The fraction of sp³-hybridized carbons (Fsp3) is 0.0909. The lowest BCUT2D eigenvalue weighted by Gasteiger charge is -2.22. The summed E-state index contributed by atoms with van der Waals surface area (Å²) in [7, 11) is 0. The average Bonchev–Trinajstić information content (AvgIpc) is 2.69. The van der Waals surface area contributed by atoms with E-state index in [9.17, 15) is 9.59 Å². The van der Waals surface area contributed by atoms with Gasteiger partial charge >= 0.3 is 0 Å². The Morgan fingerprint density at radius 2 is 1.57 bits per heavy atom. The summed E-state index contributed by atoms with van der Waals surface area (Å²) in [6.07, 6.45) is 0. The summed E-state index contributed by atoms with van der Waals surface area (Å²) in [4.78, 5) is 27.5. The lowest BCUT2D eigenvalue weighted by Crippen LogP contribution is -2.31. The first-order valence-electron chi connectivity index (χ1n) is 8.73. The molecule has 0 aliphatic heterocycles. The maximum absolute atomic E-state index is 13.2. The van der Waals surface area contributed by atoms with Crippen molar-refractivity contribution in [2.75, 3.05) is 16.8 Å². The van der Waals surface area contributed by atoms with Crippen molar-refractivity contribution in [3.05, 3.63) is 94.0 Å². The molecule has 0 saturated carbocycles. The number of carbonyl (C=O) groups excluding carboxylic acids is 2. The van der Waals surface area contributed by atoms with Crippen LogP contribution in [0.15, 0.2) is 72.8 Å². The zero-order valence-corrected chi connectivity index (χ0v) is 16.7. The number of carbonyl (C=O) groups is 2. The zero-order chi connectivity index (χ0) is 20.1. The van der Waals surface area contributed by atoms with E-state index in [4.69, 9.17) is 23.2 Å². The Kier molecular flexibility index (Phi) is 6.34. The smallest absolute Gasteiger partial charge is 0.260 e. The summed E-state index contributed by atoms with van der Waals surface area (Å²) >= 11 is 12.0. The Morgan fingerprint density at radius 1 is 0.893 bits per heavy atom. The van der Waals surface area contributed by atoms with E-state index in [-0.39, 0.29) is 16.5 Å². The minimum absolute atomic E-state index is 0.202. The van der Waals surface area contributed by atoms with Crippen LogP contribution in [-0.2, 0) is 0 Å². The molecule has 142 valence electrons. The largest absolute Gasteiger partial charge is 0.321 e. The summed E-state index contributed by atoms with van der Waals surface area (Å²) in [5.41, 5.74) is 1.88. The third kappa shape index (κ3) is 4.35. The van der Waals surface area contributed by atoms with Gasteiger partial charge in [-0.25, -0.2) is 0 Å². The van der Waals surface area contributed by atoms with E-state index in [1.54, 1.807) is 41.3 Å². The van der Waals surface area contributed by atoms with Crippen LogP contribution in [0.1, 0.15) is 27.6 Å². The standard InChI is InChI=1S/C22H18Cl2N2O2/c1-2-26(16-8-4-3-5-9-16)22(28)18-10-6-7-11-20(18)25-21(27)17-13-12-15(23)14-19(17)24/h3-14H,2H2,1H3,(H,25,27). The van der Waals surface area contributed by atoms with Crippen LogP contribution in [0.3, 0.4) is 0 Å². The highest BCUT2D eigenvalue weighted by Gasteiger charge is 2.20. The second kappa shape index (κ2) is 8.91. The van der Waals surface area contributed by atoms with Gasteiger partial charge in [-0.3, -0.25) is 9.59 Å². The molecule has 3 aromatic rings. The normalized spacial score (nSPS) is 10.4. The highest BCUT2D eigenvalue weighted by atomic mass is 35.5. The minimum Gasteiger partial charge on any atom is -0.321 e. The Balaban J connectivity index is 1.90. The molecule has 1 N–H and O–H groups in total. The third-order valence-electron chi connectivity index (χ3n) is 4.21. The Hall–Kier alpha value is -2.82. The van der Waals surface area contributed by atoms with Crippen LogP contribution >= 0.6 is 23.2 Å². The fourth-order valence-corrected chi connectivity index (χ4v) is 3.33. The summed E-state index contributed by atoms with van der Waals surface area (Å²) < 4.78 is 0. The fourth-order valence-electron chi connectivity index (χ4n) is 2.84. The molecule has 6 heteroatoms. The number of hydrogen-bond acceptors (Lipinski definition) is 2. The second-order valence-corrected chi connectivity index (χ2v) is 6.85. The summed E-state index contributed by atoms with van der Waals surface area (Å²) in [6.45, 7) is 2.40. The Bertz CT molecular complexity index is 1010. The van der Waals surface area contributed by atoms with Gasteiger partial charge in [0.1, 0.15) is 0 Å². The van der Waals surface area contributed by atoms with Crippen molar-refractivity contribution < 1.29 is 9.59 Å². The minimum atomic E-state index is -0.412. The summed E-state index contributed by atoms with van der Waals surface area (Å²) in [6, 6.07) is 20.9. The van der Waals surface area contributed by atoms with E-state index >= 15 is 0 Å². The first kappa shape index (κ1) is 19.9. The van der Waals surface area contributed by atoms with E-state index in [0.29, 0.717) is 22.8 Å². The van der Waals surface area contributed by atoms with Gasteiger partial charge in [-0.05, 0) is 49.4 Å². The molecule has 0 aromatic heterocycles. The molecule has 0 aliphatic carbocycles. The first-order chi connectivity index (χ1) is 13.5. The van der Waals surface area contributed by atoms with Gasteiger partial charge in [-0.1, -0.05) is 53.5 Å². The zero-order valence-electron chi connectivity index (χ0n) is 15.2. The van der Waals surface area contributed by atoms with Crippen LogP contribution in [0, 0.1) is 0 Å². The van der Waals surface area contributed by atoms with Gasteiger partial charge in [0.05, 0.1) is 21.8 Å². The molecule has 0 radical (unpaired) electrons. The lowest BCUT2D eigenvalue weighted by atomic mass is 10.1. The Morgan fingerprint density at radius 3 is 2.25 bits per heavy atom. The van der Waals surface area contributed by atoms with Gasteiger partial charge in [0.2, 0.25) is 0 Å². The maximum Gasteiger partial charge on any atom is 0.260 e. The van der Waals surface area contributed by atoms with Crippen LogP contribution < -0.4 is 10.2 Å². The van der Waals surface area contributed by atoms with Crippen LogP contribution in [0.5, 0.6) is 0 Å². The molecule has 0 aliphatic rings. The highest BCUT2D eigenvalue weighted by Crippen LogP contribution is 2.25. The molecule has 4 nitrogen and oxygen atoms in total. The van der Waals surface area contributed by atoms with Crippen LogP contribution in [0.2, 0.25) is 10.0 Å². The molecule has 0 spiro atoms. The number of amides is 2. The lowest BCUT2D eigenvalue weighted by molar-refractivity contribution is 0.0989. The van der Waals surface area contributed by atoms with Crippen molar-refractivity contribution in [3.63, 3.8) is 0 Å². The van der Waals surface area contributed by atoms with Crippen molar-refractivity contribution in [1.82, 2.24) is 0 Å². The quantitative estimate of drug-likeness (QED) is 0.565. The van der Waals surface area contributed by atoms with Gasteiger partial charge in [0.25, 0.3) is 11.8 Å². The molecular formula is C22H18Cl2N2O2. The van der Waals surface area contributed by atoms with Gasteiger partial charge < -0.3 is 10.2 Å². The Labute approximate surface area is 173 Å². The molecule has 0 unspecified atom stereocenters. The summed E-state index contributed by atoms with van der Waals surface area (Å²) in [5, 5.41) is 3.47. The molecule has 0 bridgehead atoms. The molecular weight excluding hydrogens is 395 g/mol. The van der Waals surface area contributed by atoms with Gasteiger partial charge in [-0.15, -0.1) is 0 Å². The van der Waals surface area contributed by atoms with Crippen LogP contribution in [-0.4, -0.2) is 18.4 Å². The second-order valence-electron chi connectivity index (χ2n) is 6.01. The molecule has 0 atom stereocenters. The predicted octanol–water partition coefficient (Wildman–Crippen LogP) is 5.91. The number of rotatable bonds is 5. The van der Waals surface area contributed by atoms with Crippen LogP contribution in [0.25, 0.3) is 0 Å². The molecule has 0 saturated heterocycles. The van der Waals surface area contributed by atoms with E-state index < -0.39 is 5.91 Å². The average molecular weight is 413 g/mol. The van der Waals surface area contributed by atoms with E-state index in [1.807, 2.05) is 37.3 Å². The number of nitrogens with zero attached hydrogens (tertiary/aromatic N) is 1. The van der Waals surface area contributed by atoms with Gasteiger partial charge in [0, 0.05) is 17.3 Å². The number of para-hydroxylation sites is 2. The summed E-state index contributed by atoms with van der Waals surface area (Å²) in [5.74, 6) is -0.614. The van der Waals surface area contributed by atoms with E-state index in [1.165, 1.54) is 6.07 Å². The molecule has 3 aromatic carbocycles.